The summed E-state index contributed by atoms with van der Waals surface area (Å²) in [6, 6.07) is 8.16. The minimum absolute atomic E-state index is 0.310. The van der Waals surface area contributed by atoms with Crippen LogP contribution in [0.1, 0.15) is 19.3 Å². The number of pyridine rings is 1. The van der Waals surface area contributed by atoms with Gasteiger partial charge in [0.15, 0.2) is 0 Å². The van der Waals surface area contributed by atoms with Crippen LogP contribution < -0.4 is 10.6 Å². The van der Waals surface area contributed by atoms with Crippen LogP contribution in [0.5, 0.6) is 0 Å². The van der Waals surface area contributed by atoms with E-state index in [1.165, 1.54) is 24.9 Å². The van der Waals surface area contributed by atoms with E-state index in [9.17, 15) is 0 Å². The van der Waals surface area contributed by atoms with Gasteiger partial charge in [0, 0.05) is 36.4 Å². The van der Waals surface area contributed by atoms with Crippen LogP contribution in [0.15, 0.2) is 30.5 Å². The highest BCUT2D eigenvalue weighted by molar-refractivity contribution is 5.98. The SMILES string of the molecule is CN(CC1(N(C)C)CCC1)c1ccc(N)c2ncccc12. The Morgan fingerprint density at radius 2 is 1.95 bits per heavy atom. The van der Waals surface area contributed by atoms with Gasteiger partial charge in [0.25, 0.3) is 0 Å². The molecule has 0 unspecified atom stereocenters. The molecular formula is C17H24N4. The third-order valence-electron chi connectivity index (χ3n) is 4.95. The highest BCUT2D eigenvalue weighted by atomic mass is 15.2. The van der Waals surface area contributed by atoms with Crippen molar-refractivity contribution >= 4 is 22.3 Å². The Labute approximate surface area is 126 Å². The molecule has 1 heterocycles. The van der Waals surface area contributed by atoms with Gasteiger partial charge in [-0.15, -0.1) is 0 Å². The van der Waals surface area contributed by atoms with E-state index in [2.05, 4.69) is 48.1 Å². The van der Waals surface area contributed by atoms with Crippen molar-refractivity contribution in [2.45, 2.75) is 24.8 Å². The van der Waals surface area contributed by atoms with Gasteiger partial charge in [0.1, 0.15) is 0 Å². The zero-order valence-electron chi connectivity index (χ0n) is 13.1. The second-order valence-electron chi connectivity index (χ2n) is 6.40. The lowest BCUT2D eigenvalue weighted by Crippen LogP contribution is -2.56. The topological polar surface area (TPSA) is 45.4 Å². The molecule has 2 N–H and O–H groups in total. The Balaban J connectivity index is 1.95. The van der Waals surface area contributed by atoms with Gasteiger partial charge in [0.2, 0.25) is 0 Å². The number of hydrogen-bond acceptors (Lipinski definition) is 4. The van der Waals surface area contributed by atoms with Crippen LogP contribution in [0, 0.1) is 0 Å². The van der Waals surface area contributed by atoms with Gasteiger partial charge in [-0.3, -0.25) is 4.98 Å². The summed E-state index contributed by atoms with van der Waals surface area (Å²) in [6.45, 7) is 1.04. The van der Waals surface area contributed by atoms with Crippen molar-refractivity contribution in [3.63, 3.8) is 0 Å². The minimum Gasteiger partial charge on any atom is -0.397 e. The van der Waals surface area contributed by atoms with Gasteiger partial charge in [-0.05, 0) is 57.6 Å². The van der Waals surface area contributed by atoms with E-state index < -0.39 is 0 Å². The molecule has 0 radical (unpaired) electrons. The van der Waals surface area contributed by atoms with Crippen molar-refractivity contribution < 1.29 is 0 Å². The standard InChI is InChI=1S/C17H24N4/c1-20(2)17(9-5-10-17)12-21(3)15-8-7-14(18)16-13(15)6-4-11-19-16/h4,6-8,11H,5,9-10,12,18H2,1-3H3. The van der Waals surface area contributed by atoms with E-state index >= 15 is 0 Å². The number of nitrogens with zero attached hydrogens (tertiary/aromatic N) is 3. The first-order valence-electron chi connectivity index (χ1n) is 7.55. The maximum atomic E-state index is 6.05. The van der Waals surface area contributed by atoms with Crippen LogP contribution in [-0.4, -0.2) is 43.1 Å². The van der Waals surface area contributed by atoms with Gasteiger partial charge < -0.3 is 15.5 Å². The number of benzene rings is 1. The molecule has 1 saturated carbocycles. The second-order valence-corrected chi connectivity index (χ2v) is 6.40. The number of likely N-dealkylation sites (N-methyl/N-ethyl adjacent to an activating group) is 2. The summed E-state index contributed by atoms with van der Waals surface area (Å²) in [4.78, 5) is 9.16. The fraction of sp³-hybridized carbons (Fsp3) is 0.471. The Kier molecular flexibility index (Phi) is 3.49. The summed E-state index contributed by atoms with van der Waals surface area (Å²) in [5.41, 5.74) is 9.21. The lowest BCUT2D eigenvalue weighted by Gasteiger charge is -2.49. The second kappa shape index (κ2) is 5.19. The lowest BCUT2D eigenvalue weighted by molar-refractivity contribution is 0.0684. The van der Waals surface area contributed by atoms with Crippen LogP contribution in [0.2, 0.25) is 0 Å². The van der Waals surface area contributed by atoms with Gasteiger partial charge in [0.05, 0.1) is 11.2 Å². The van der Waals surface area contributed by atoms with E-state index in [4.69, 9.17) is 5.73 Å². The molecule has 21 heavy (non-hydrogen) atoms. The number of aromatic nitrogens is 1. The fourth-order valence-electron chi connectivity index (χ4n) is 3.37. The average molecular weight is 284 g/mol. The summed E-state index contributed by atoms with van der Waals surface area (Å²) in [6.07, 6.45) is 5.68. The molecule has 112 valence electrons. The molecule has 0 aliphatic heterocycles. The highest BCUT2D eigenvalue weighted by Gasteiger charge is 2.40. The molecule has 1 aromatic carbocycles. The minimum atomic E-state index is 0.310. The predicted octanol–water partition coefficient (Wildman–Crippen LogP) is 2.74. The molecular weight excluding hydrogens is 260 g/mol. The third-order valence-corrected chi connectivity index (χ3v) is 4.95. The van der Waals surface area contributed by atoms with Crippen molar-refractivity contribution in [2.24, 2.45) is 0 Å². The lowest BCUT2D eigenvalue weighted by atomic mass is 9.75. The third kappa shape index (κ3) is 2.33. The Hall–Kier alpha value is -1.81. The van der Waals surface area contributed by atoms with Crippen LogP contribution in [-0.2, 0) is 0 Å². The van der Waals surface area contributed by atoms with E-state index in [1.54, 1.807) is 6.20 Å². The first-order chi connectivity index (χ1) is 10.0. The van der Waals surface area contributed by atoms with Crippen molar-refractivity contribution in [1.82, 2.24) is 9.88 Å². The summed E-state index contributed by atoms with van der Waals surface area (Å²) < 4.78 is 0. The van der Waals surface area contributed by atoms with Crippen molar-refractivity contribution in [3.05, 3.63) is 30.5 Å². The zero-order chi connectivity index (χ0) is 15.0. The summed E-state index contributed by atoms with van der Waals surface area (Å²) in [7, 11) is 6.55. The molecule has 0 saturated heterocycles. The van der Waals surface area contributed by atoms with Gasteiger partial charge in [-0.2, -0.15) is 0 Å². The van der Waals surface area contributed by atoms with Crippen molar-refractivity contribution in [2.75, 3.05) is 38.3 Å². The number of nitrogen functional groups attached to an aromatic ring is 1. The first-order valence-corrected chi connectivity index (χ1v) is 7.55. The van der Waals surface area contributed by atoms with Gasteiger partial charge in [-0.25, -0.2) is 0 Å². The number of rotatable bonds is 4. The van der Waals surface area contributed by atoms with E-state index in [1.807, 2.05) is 12.1 Å². The van der Waals surface area contributed by atoms with E-state index in [0.717, 1.165) is 23.1 Å². The summed E-state index contributed by atoms with van der Waals surface area (Å²) in [5, 5.41) is 1.13. The molecule has 1 aliphatic rings. The molecule has 4 heteroatoms. The predicted molar refractivity (Wildman–Crippen MR) is 89.7 cm³/mol. The number of nitrogens with two attached hydrogens (primary N) is 1. The molecule has 0 bridgehead atoms. The molecule has 2 aromatic rings. The van der Waals surface area contributed by atoms with Gasteiger partial charge >= 0.3 is 0 Å². The monoisotopic (exact) mass is 284 g/mol. The molecule has 4 nitrogen and oxygen atoms in total. The Morgan fingerprint density at radius 3 is 2.57 bits per heavy atom. The first kappa shape index (κ1) is 14.1. The van der Waals surface area contributed by atoms with Crippen LogP contribution in [0.3, 0.4) is 0 Å². The van der Waals surface area contributed by atoms with Crippen LogP contribution >= 0.6 is 0 Å². The number of fused-ring (bicyclic) bond motifs is 1. The molecule has 0 amide bonds. The van der Waals surface area contributed by atoms with E-state index in [0.29, 0.717) is 5.54 Å². The van der Waals surface area contributed by atoms with E-state index in [-0.39, 0.29) is 0 Å². The quantitative estimate of drug-likeness (QED) is 0.877. The van der Waals surface area contributed by atoms with Crippen LogP contribution in [0.25, 0.3) is 10.9 Å². The zero-order valence-corrected chi connectivity index (χ0v) is 13.1. The Bertz CT molecular complexity index is 646. The van der Waals surface area contributed by atoms with Crippen LogP contribution in [0.4, 0.5) is 11.4 Å². The number of hydrogen-bond donors (Lipinski definition) is 1. The highest BCUT2D eigenvalue weighted by Crippen LogP contribution is 2.38. The van der Waals surface area contributed by atoms with Gasteiger partial charge in [-0.1, -0.05) is 0 Å². The maximum absolute atomic E-state index is 6.05. The summed E-state index contributed by atoms with van der Waals surface area (Å²) >= 11 is 0. The number of anilines is 2. The summed E-state index contributed by atoms with van der Waals surface area (Å²) in [5.74, 6) is 0. The smallest absolute Gasteiger partial charge is 0.0951 e. The molecule has 0 atom stereocenters. The Morgan fingerprint density at radius 1 is 1.19 bits per heavy atom. The largest absolute Gasteiger partial charge is 0.397 e. The fourth-order valence-corrected chi connectivity index (χ4v) is 3.37. The van der Waals surface area contributed by atoms with Crippen molar-refractivity contribution in [3.8, 4) is 0 Å². The maximum Gasteiger partial charge on any atom is 0.0951 e. The van der Waals surface area contributed by atoms with Crippen molar-refractivity contribution in [1.29, 1.82) is 0 Å². The molecule has 1 aliphatic carbocycles. The molecule has 1 fully saturated rings. The molecule has 0 spiro atoms. The molecule has 3 rings (SSSR count). The average Bonchev–Trinajstić information content (AvgIpc) is 2.43. The normalized spacial score (nSPS) is 17.0. The molecule has 1 aromatic heterocycles.